The molecular formula is C13H13Cl2N5S. The van der Waals surface area contributed by atoms with Crippen molar-refractivity contribution in [3.63, 3.8) is 0 Å². The monoisotopic (exact) mass is 341 g/mol. The van der Waals surface area contributed by atoms with Crippen molar-refractivity contribution < 1.29 is 0 Å². The van der Waals surface area contributed by atoms with Crippen LogP contribution in [0.3, 0.4) is 0 Å². The van der Waals surface area contributed by atoms with Crippen LogP contribution in [0.4, 0.5) is 5.82 Å². The van der Waals surface area contributed by atoms with Crippen LogP contribution >= 0.6 is 35.0 Å². The summed E-state index contributed by atoms with van der Waals surface area (Å²) in [4.78, 5) is 4.25. The van der Waals surface area contributed by atoms with Gasteiger partial charge in [0.2, 0.25) is 0 Å². The highest BCUT2D eigenvalue weighted by Gasteiger charge is 2.36. The van der Waals surface area contributed by atoms with Crippen LogP contribution in [0.1, 0.15) is 43.5 Å². The summed E-state index contributed by atoms with van der Waals surface area (Å²) in [5, 5.41) is 11.0. The summed E-state index contributed by atoms with van der Waals surface area (Å²) in [5.41, 5.74) is 5.76. The number of aromatic nitrogens is 4. The number of hydrogen-bond acceptors (Lipinski definition) is 5. The second kappa shape index (κ2) is 5.04. The molecule has 2 aliphatic carbocycles. The molecule has 0 aliphatic heterocycles. The normalized spacial score (nSPS) is 18.2. The van der Waals surface area contributed by atoms with E-state index in [4.69, 9.17) is 28.9 Å². The summed E-state index contributed by atoms with van der Waals surface area (Å²) >= 11 is 13.5. The molecule has 0 atom stereocenters. The lowest BCUT2D eigenvalue weighted by molar-refractivity contribution is 0.626. The second-order valence-electron chi connectivity index (χ2n) is 5.46. The van der Waals surface area contributed by atoms with Crippen molar-refractivity contribution in [2.75, 3.05) is 5.73 Å². The number of anilines is 1. The lowest BCUT2D eigenvalue weighted by Crippen LogP contribution is -2.02. The number of nitrogens with zero attached hydrogens (tertiary/aromatic N) is 4. The van der Waals surface area contributed by atoms with Crippen LogP contribution in [0.5, 0.6) is 0 Å². The van der Waals surface area contributed by atoms with Crippen molar-refractivity contribution >= 4 is 40.8 Å². The van der Waals surface area contributed by atoms with Crippen molar-refractivity contribution in [3.8, 4) is 0 Å². The maximum Gasteiger partial charge on any atom is 0.197 e. The Labute approximate surface area is 136 Å². The molecule has 2 heterocycles. The van der Waals surface area contributed by atoms with E-state index in [-0.39, 0.29) is 5.82 Å². The van der Waals surface area contributed by atoms with Gasteiger partial charge >= 0.3 is 0 Å². The number of pyridine rings is 1. The van der Waals surface area contributed by atoms with Crippen LogP contribution in [0.2, 0.25) is 10.0 Å². The minimum atomic E-state index is 0.281. The highest BCUT2D eigenvalue weighted by molar-refractivity contribution is 7.99. The Morgan fingerprint density at radius 3 is 2.57 bits per heavy atom. The molecule has 21 heavy (non-hydrogen) atoms. The van der Waals surface area contributed by atoms with Crippen LogP contribution in [0.15, 0.2) is 16.2 Å². The molecule has 0 radical (unpaired) electrons. The molecular weight excluding hydrogens is 329 g/mol. The zero-order valence-electron chi connectivity index (χ0n) is 11.1. The Hall–Kier alpha value is -0.980. The van der Waals surface area contributed by atoms with E-state index in [1.54, 1.807) is 6.07 Å². The Morgan fingerprint density at radius 1 is 1.14 bits per heavy atom. The molecule has 0 amide bonds. The van der Waals surface area contributed by atoms with E-state index in [1.165, 1.54) is 37.4 Å². The number of rotatable bonds is 4. The van der Waals surface area contributed by atoms with Crippen LogP contribution in [-0.4, -0.2) is 19.7 Å². The molecule has 0 bridgehead atoms. The molecule has 0 saturated heterocycles. The first-order chi connectivity index (χ1) is 10.1. The van der Waals surface area contributed by atoms with E-state index in [1.807, 2.05) is 0 Å². The lowest BCUT2D eigenvalue weighted by atomic mass is 10.4. The van der Waals surface area contributed by atoms with Crippen molar-refractivity contribution in [1.29, 1.82) is 0 Å². The molecule has 0 unspecified atom stereocenters. The SMILES string of the molecule is Nc1nc(Sc2nnc(C3CC3)n2C2CC2)c(Cl)cc1Cl. The number of halogens is 2. The van der Waals surface area contributed by atoms with E-state index >= 15 is 0 Å². The highest BCUT2D eigenvalue weighted by Crippen LogP contribution is 2.47. The first-order valence-corrected chi connectivity index (χ1v) is 8.45. The topological polar surface area (TPSA) is 69.6 Å². The molecule has 2 N–H and O–H groups in total. The molecule has 0 spiro atoms. The predicted octanol–water partition coefficient (Wildman–Crippen LogP) is 3.93. The smallest absolute Gasteiger partial charge is 0.197 e. The van der Waals surface area contributed by atoms with E-state index in [9.17, 15) is 0 Å². The number of nitrogen functional groups attached to an aromatic ring is 1. The average Bonchev–Trinajstić information content (AvgIpc) is 3.35. The molecule has 2 aliphatic rings. The second-order valence-corrected chi connectivity index (χ2v) is 7.23. The van der Waals surface area contributed by atoms with E-state index in [2.05, 4.69) is 19.7 Å². The summed E-state index contributed by atoms with van der Waals surface area (Å²) < 4.78 is 2.26. The Kier molecular flexibility index (Phi) is 3.28. The van der Waals surface area contributed by atoms with Crippen LogP contribution < -0.4 is 5.73 Å². The first kappa shape index (κ1) is 13.7. The van der Waals surface area contributed by atoms with Gasteiger partial charge in [0.25, 0.3) is 0 Å². The summed E-state index contributed by atoms with van der Waals surface area (Å²) in [6, 6.07) is 2.15. The van der Waals surface area contributed by atoms with Gasteiger partial charge in [-0.1, -0.05) is 23.2 Å². The fourth-order valence-corrected chi connectivity index (χ4v) is 3.65. The summed E-state index contributed by atoms with van der Waals surface area (Å²) in [6.07, 6.45) is 4.80. The third-order valence-electron chi connectivity index (χ3n) is 3.66. The van der Waals surface area contributed by atoms with Crippen molar-refractivity contribution in [1.82, 2.24) is 19.7 Å². The van der Waals surface area contributed by atoms with E-state index in [0.717, 1.165) is 11.0 Å². The zero-order chi connectivity index (χ0) is 14.6. The molecule has 2 saturated carbocycles. The van der Waals surface area contributed by atoms with Crippen LogP contribution in [-0.2, 0) is 0 Å². The predicted molar refractivity (Wildman–Crippen MR) is 83.1 cm³/mol. The number of nitrogens with two attached hydrogens (primary N) is 1. The molecule has 5 nitrogen and oxygen atoms in total. The van der Waals surface area contributed by atoms with E-state index < -0.39 is 0 Å². The standard InChI is InChI=1S/C13H13Cl2N5S/c14-8-5-9(15)12(17-10(8)16)21-13-19-18-11(6-1-2-6)20(13)7-3-4-7/h5-7H,1-4H2,(H2,16,17). The van der Waals surface area contributed by atoms with Gasteiger partial charge in [-0.25, -0.2) is 4.98 Å². The van der Waals surface area contributed by atoms with Crippen molar-refractivity contribution in [3.05, 3.63) is 21.9 Å². The first-order valence-electron chi connectivity index (χ1n) is 6.87. The summed E-state index contributed by atoms with van der Waals surface area (Å²) in [5.74, 6) is 1.97. The minimum absolute atomic E-state index is 0.281. The van der Waals surface area contributed by atoms with Gasteiger partial charge in [-0.3, -0.25) is 0 Å². The van der Waals surface area contributed by atoms with Gasteiger partial charge in [-0.05, 0) is 43.5 Å². The Balaban J connectivity index is 1.70. The van der Waals surface area contributed by atoms with Gasteiger partial charge in [-0.2, -0.15) is 0 Å². The molecule has 110 valence electrons. The van der Waals surface area contributed by atoms with Gasteiger partial charge < -0.3 is 10.3 Å². The maximum absolute atomic E-state index is 6.20. The summed E-state index contributed by atoms with van der Waals surface area (Å²) in [6.45, 7) is 0. The van der Waals surface area contributed by atoms with Gasteiger partial charge in [-0.15, -0.1) is 10.2 Å². The largest absolute Gasteiger partial charge is 0.382 e. The van der Waals surface area contributed by atoms with Crippen molar-refractivity contribution in [2.45, 2.75) is 47.8 Å². The molecule has 2 aromatic heterocycles. The van der Waals surface area contributed by atoms with Gasteiger partial charge in [0.05, 0.1) is 10.0 Å². The molecule has 2 aromatic rings. The Morgan fingerprint density at radius 2 is 1.90 bits per heavy atom. The molecule has 0 aromatic carbocycles. The van der Waals surface area contributed by atoms with E-state index in [0.29, 0.717) is 27.0 Å². The molecule has 8 heteroatoms. The van der Waals surface area contributed by atoms with Gasteiger partial charge in [0, 0.05) is 12.0 Å². The molecule has 2 fully saturated rings. The molecule has 4 rings (SSSR count). The third-order valence-corrected chi connectivity index (χ3v) is 5.33. The fraction of sp³-hybridized carbons (Fsp3) is 0.462. The fourth-order valence-electron chi connectivity index (χ4n) is 2.27. The third kappa shape index (κ3) is 2.60. The quantitative estimate of drug-likeness (QED) is 0.912. The highest BCUT2D eigenvalue weighted by atomic mass is 35.5. The van der Waals surface area contributed by atoms with Gasteiger partial charge in [0.15, 0.2) is 5.16 Å². The zero-order valence-corrected chi connectivity index (χ0v) is 13.4. The van der Waals surface area contributed by atoms with Crippen LogP contribution in [0, 0.1) is 0 Å². The average molecular weight is 342 g/mol. The lowest BCUT2D eigenvalue weighted by Gasteiger charge is -2.09. The van der Waals surface area contributed by atoms with Gasteiger partial charge in [0.1, 0.15) is 16.7 Å². The maximum atomic E-state index is 6.20. The summed E-state index contributed by atoms with van der Waals surface area (Å²) in [7, 11) is 0. The Bertz CT molecular complexity index is 709. The number of hydrogen-bond donors (Lipinski definition) is 1. The van der Waals surface area contributed by atoms with Crippen molar-refractivity contribution in [2.24, 2.45) is 0 Å². The van der Waals surface area contributed by atoms with Crippen LogP contribution in [0.25, 0.3) is 0 Å². The minimum Gasteiger partial charge on any atom is -0.382 e.